The van der Waals surface area contributed by atoms with E-state index in [0.717, 1.165) is 5.56 Å². The summed E-state index contributed by atoms with van der Waals surface area (Å²) in [5.41, 5.74) is 1.64. The molecule has 0 fully saturated rings. The van der Waals surface area contributed by atoms with Gasteiger partial charge in [0.1, 0.15) is 11.8 Å². The molecular formula is C11H12NO. The van der Waals surface area contributed by atoms with E-state index in [1.807, 2.05) is 19.1 Å². The zero-order valence-corrected chi connectivity index (χ0v) is 7.87. The molecule has 2 nitrogen and oxygen atoms in total. The first kappa shape index (κ1) is 9.60. The molecule has 67 valence electrons. The minimum Gasteiger partial charge on any atom is -0.495 e. The monoisotopic (exact) mass is 174 g/mol. The number of ether oxygens (including phenoxy) is 1. The van der Waals surface area contributed by atoms with Crippen molar-refractivity contribution >= 4 is 0 Å². The van der Waals surface area contributed by atoms with Gasteiger partial charge < -0.3 is 4.74 Å². The molecule has 0 amide bonds. The molecule has 0 saturated carbocycles. The summed E-state index contributed by atoms with van der Waals surface area (Å²) in [5, 5.41) is 8.73. The van der Waals surface area contributed by atoms with Crippen molar-refractivity contribution in [1.29, 1.82) is 5.26 Å². The summed E-state index contributed by atoms with van der Waals surface area (Å²) < 4.78 is 5.08. The highest BCUT2D eigenvalue weighted by molar-refractivity contribution is 5.46. The van der Waals surface area contributed by atoms with Crippen molar-refractivity contribution < 1.29 is 4.74 Å². The first-order valence-corrected chi connectivity index (χ1v) is 4.10. The van der Waals surface area contributed by atoms with Crippen LogP contribution in [0.4, 0.5) is 0 Å². The van der Waals surface area contributed by atoms with Gasteiger partial charge in [0.25, 0.3) is 0 Å². The zero-order valence-electron chi connectivity index (χ0n) is 7.87. The highest BCUT2D eigenvalue weighted by atomic mass is 16.5. The fraction of sp³-hybridized carbons (Fsp3) is 0.273. The lowest BCUT2D eigenvalue weighted by Gasteiger charge is -2.08. The molecule has 2 heteroatoms. The topological polar surface area (TPSA) is 33.0 Å². The number of nitriles is 1. The van der Waals surface area contributed by atoms with Gasteiger partial charge in [0, 0.05) is 0 Å². The van der Waals surface area contributed by atoms with Gasteiger partial charge in [-0.3, -0.25) is 0 Å². The molecule has 0 bridgehead atoms. The number of hydrogen-bond acceptors (Lipinski definition) is 2. The third-order valence-electron chi connectivity index (χ3n) is 1.92. The van der Waals surface area contributed by atoms with Crippen LogP contribution in [0.1, 0.15) is 24.0 Å². The molecule has 0 aromatic heterocycles. The third-order valence-corrected chi connectivity index (χ3v) is 1.92. The van der Waals surface area contributed by atoms with E-state index in [1.54, 1.807) is 13.2 Å². The van der Waals surface area contributed by atoms with Crippen molar-refractivity contribution in [2.75, 3.05) is 7.11 Å². The lowest BCUT2D eigenvalue weighted by molar-refractivity contribution is 0.413. The minimum atomic E-state index is 0.210. The standard InChI is InChI=1S/C11H12NO/c1-8(2)9-4-5-10(7-12)11(6-9)13-3/h4-6,8H,1H2,2-3H3. The van der Waals surface area contributed by atoms with Crippen molar-refractivity contribution in [2.24, 2.45) is 0 Å². The molecule has 1 rings (SSSR count). The Labute approximate surface area is 78.8 Å². The minimum absolute atomic E-state index is 0.210. The maximum Gasteiger partial charge on any atom is 0.136 e. The molecule has 0 aliphatic rings. The van der Waals surface area contributed by atoms with Crippen molar-refractivity contribution in [3.8, 4) is 11.8 Å². The predicted molar refractivity (Wildman–Crippen MR) is 51.5 cm³/mol. The van der Waals surface area contributed by atoms with E-state index < -0.39 is 0 Å². The number of hydrogen-bond donors (Lipinski definition) is 0. The Bertz CT molecular complexity index is 336. The van der Waals surface area contributed by atoms with Crippen LogP contribution in [0.15, 0.2) is 18.2 Å². The Morgan fingerprint density at radius 3 is 2.69 bits per heavy atom. The maximum atomic E-state index is 8.73. The second-order valence-electron chi connectivity index (χ2n) is 2.97. The fourth-order valence-corrected chi connectivity index (χ4v) is 1.11. The Balaban J connectivity index is 3.15. The maximum absolute atomic E-state index is 8.73. The zero-order chi connectivity index (χ0) is 9.84. The average molecular weight is 174 g/mol. The van der Waals surface area contributed by atoms with Gasteiger partial charge >= 0.3 is 0 Å². The van der Waals surface area contributed by atoms with E-state index >= 15 is 0 Å². The molecule has 1 aromatic rings. The first-order valence-electron chi connectivity index (χ1n) is 4.10. The van der Waals surface area contributed by atoms with Crippen molar-refractivity contribution in [1.82, 2.24) is 0 Å². The molecule has 1 unspecified atom stereocenters. The molecule has 1 aromatic carbocycles. The van der Waals surface area contributed by atoms with Gasteiger partial charge in [-0.15, -0.1) is 0 Å². The number of rotatable bonds is 2. The van der Waals surface area contributed by atoms with Gasteiger partial charge in [-0.25, -0.2) is 0 Å². The highest BCUT2D eigenvalue weighted by Crippen LogP contribution is 2.23. The number of nitrogens with zero attached hydrogens (tertiary/aromatic N) is 1. The lowest BCUT2D eigenvalue weighted by Crippen LogP contribution is -1.92. The smallest absolute Gasteiger partial charge is 0.136 e. The van der Waals surface area contributed by atoms with Crippen LogP contribution in [0, 0.1) is 18.3 Å². The summed E-state index contributed by atoms with van der Waals surface area (Å²) in [6.07, 6.45) is 0. The molecule has 1 radical (unpaired) electrons. The largest absolute Gasteiger partial charge is 0.495 e. The average Bonchev–Trinajstić information content (AvgIpc) is 2.16. The van der Waals surface area contributed by atoms with Gasteiger partial charge in [-0.1, -0.05) is 13.0 Å². The van der Waals surface area contributed by atoms with Crippen molar-refractivity contribution in [2.45, 2.75) is 12.8 Å². The van der Waals surface area contributed by atoms with E-state index in [0.29, 0.717) is 11.3 Å². The summed E-state index contributed by atoms with van der Waals surface area (Å²) in [6.45, 7) is 5.90. The molecule has 0 aliphatic heterocycles. The SMILES string of the molecule is [CH2]C(C)c1ccc(C#N)c(OC)c1. The van der Waals surface area contributed by atoms with E-state index in [2.05, 4.69) is 13.0 Å². The predicted octanol–water partition coefficient (Wildman–Crippen LogP) is 2.50. The van der Waals surface area contributed by atoms with Gasteiger partial charge in [-0.05, 0) is 30.5 Å². The van der Waals surface area contributed by atoms with E-state index in [-0.39, 0.29) is 5.92 Å². The number of benzene rings is 1. The molecule has 0 saturated heterocycles. The van der Waals surface area contributed by atoms with Gasteiger partial charge in [0.05, 0.1) is 12.7 Å². The van der Waals surface area contributed by atoms with Crippen molar-refractivity contribution in [3.05, 3.63) is 36.2 Å². The van der Waals surface area contributed by atoms with Crippen LogP contribution in [0.25, 0.3) is 0 Å². The van der Waals surface area contributed by atoms with Crippen LogP contribution in [0.3, 0.4) is 0 Å². The molecule has 0 heterocycles. The van der Waals surface area contributed by atoms with Gasteiger partial charge in [0.15, 0.2) is 0 Å². The summed E-state index contributed by atoms with van der Waals surface area (Å²) in [5.74, 6) is 0.831. The van der Waals surface area contributed by atoms with Crippen LogP contribution in [0.5, 0.6) is 5.75 Å². The Morgan fingerprint density at radius 2 is 2.23 bits per heavy atom. The summed E-state index contributed by atoms with van der Waals surface area (Å²) in [7, 11) is 1.56. The normalized spacial score (nSPS) is 9.77. The Kier molecular flexibility index (Phi) is 2.92. The summed E-state index contributed by atoms with van der Waals surface area (Å²) in [4.78, 5) is 0. The third kappa shape index (κ3) is 2.00. The van der Waals surface area contributed by atoms with Crippen LogP contribution >= 0.6 is 0 Å². The highest BCUT2D eigenvalue weighted by Gasteiger charge is 2.05. The molecular weight excluding hydrogens is 162 g/mol. The van der Waals surface area contributed by atoms with E-state index in [9.17, 15) is 0 Å². The summed E-state index contributed by atoms with van der Waals surface area (Å²) in [6, 6.07) is 7.59. The lowest BCUT2D eigenvalue weighted by atomic mass is 10.0. The van der Waals surface area contributed by atoms with Gasteiger partial charge in [-0.2, -0.15) is 5.26 Å². The van der Waals surface area contributed by atoms with E-state index in [1.165, 1.54) is 0 Å². The molecule has 0 aliphatic carbocycles. The molecule has 0 spiro atoms. The van der Waals surface area contributed by atoms with E-state index in [4.69, 9.17) is 10.00 Å². The molecule has 13 heavy (non-hydrogen) atoms. The van der Waals surface area contributed by atoms with Crippen LogP contribution in [-0.4, -0.2) is 7.11 Å². The van der Waals surface area contributed by atoms with Crippen LogP contribution in [-0.2, 0) is 0 Å². The second kappa shape index (κ2) is 3.95. The van der Waals surface area contributed by atoms with Crippen molar-refractivity contribution in [3.63, 3.8) is 0 Å². The summed E-state index contributed by atoms with van der Waals surface area (Å²) >= 11 is 0. The Hall–Kier alpha value is -1.49. The quantitative estimate of drug-likeness (QED) is 0.690. The molecule has 0 N–H and O–H groups in total. The van der Waals surface area contributed by atoms with Gasteiger partial charge in [0.2, 0.25) is 0 Å². The van der Waals surface area contributed by atoms with Crippen LogP contribution < -0.4 is 4.74 Å². The second-order valence-corrected chi connectivity index (χ2v) is 2.97. The fourth-order valence-electron chi connectivity index (χ4n) is 1.11. The molecule has 1 atom stereocenters. The number of methoxy groups -OCH3 is 1. The van der Waals surface area contributed by atoms with Crippen LogP contribution in [0.2, 0.25) is 0 Å². The first-order chi connectivity index (χ1) is 6.19. The Morgan fingerprint density at radius 1 is 1.54 bits per heavy atom.